The molecule has 2 aromatic carbocycles. The van der Waals surface area contributed by atoms with Crippen LogP contribution in [-0.4, -0.2) is 29.5 Å². The molecule has 134 valence electrons. The minimum atomic E-state index is -2.06. The highest BCUT2D eigenvalue weighted by Crippen LogP contribution is 2.24. The maximum atomic E-state index is 13.7. The largest absolute Gasteiger partial charge is 0.635 e. The van der Waals surface area contributed by atoms with Crippen LogP contribution in [0.4, 0.5) is 4.39 Å². The van der Waals surface area contributed by atoms with Crippen LogP contribution in [0.5, 0.6) is 0 Å². The molecule has 1 unspecified atom stereocenters. The number of para-hydroxylation sites is 1. The van der Waals surface area contributed by atoms with Gasteiger partial charge in [-0.3, -0.25) is 4.79 Å². The van der Waals surface area contributed by atoms with Crippen molar-refractivity contribution in [1.82, 2.24) is 5.32 Å². The lowest BCUT2D eigenvalue weighted by Crippen LogP contribution is -2.43. The number of carbonyl (C=O) groups excluding carboxylic acids is 1. The fourth-order valence-electron chi connectivity index (χ4n) is 2.72. The predicted octanol–water partition coefficient (Wildman–Crippen LogP) is 1.79. The minimum Gasteiger partial charge on any atom is -0.461 e. The van der Waals surface area contributed by atoms with E-state index in [1.54, 1.807) is 12.1 Å². The first kappa shape index (κ1) is 18.1. The molecule has 3 rings (SSSR count). The van der Waals surface area contributed by atoms with Gasteiger partial charge >= 0.3 is 7.32 Å². The van der Waals surface area contributed by atoms with Crippen LogP contribution in [-0.2, 0) is 22.3 Å². The number of carbonyl (C=O) groups is 1. The van der Waals surface area contributed by atoms with Gasteiger partial charge in [-0.05, 0) is 11.6 Å². The third-order valence-corrected chi connectivity index (χ3v) is 3.85. The Hall–Kier alpha value is -2.68. The molecule has 26 heavy (non-hydrogen) atoms. The van der Waals surface area contributed by atoms with Crippen LogP contribution < -0.4 is 5.32 Å². The van der Waals surface area contributed by atoms with Crippen molar-refractivity contribution in [3.8, 4) is 0 Å². The molecule has 3 N–H and O–H groups in total. The number of furan rings is 1. The second kappa shape index (κ2) is 8.14. The molecular weight excluding hydrogens is 340 g/mol. The highest BCUT2D eigenvalue weighted by Gasteiger charge is 2.22. The number of amides is 1. The van der Waals surface area contributed by atoms with E-state index in [9.17, 15) is 9.18 Å². The molecule has 0 bridgehead atoms. The van der Waals surface area contributed by atoms with Crippen LogP contribution in [0.2, 0.25) is 0 Å². The molecule has 8 heteroatoms. The molecule has 0 aliphatic rings. The van der Waals surface area contributed by atoms with Crippen molar-refractivity contribution >= 4 is 24.2 Å². The SMILES string of the molecule is O=C(Cc1ccccc1)NC(Cc1coc2c(F)cccc12)OB(O)O. The normalized spacial score (nSPS) is 12.1. The van der Waals surface area contributed by atoms with Gasteiger partial charge in [0.15, 0.2) is 11.4 Å². The number of rotatable bonds is 7. The summed E-state index contributed by atoms with van der Waals surface area (Å²) in [7, 11) is -2.06. The van der Waals surface area contributed by atoms with Gasteiger partial charge in [0.1, 0.15) is 6.23 Å². The summed E-state index contributed by atoms with van der Waals surface area (Å²) in [5, 5.41) is 21.3. The smallest absolute Gasteiger partial charge is 0.461 e. The molecule has 0 saturated carbocycles. The van der Waals surface area contributed by atoms with E-state index in [4.69, 9.17) is 19.1 Å². The standard InChI is InChI=1S/C18H17BFNO5/c20-15-8-4-7-14-13(11-25-18(14)15)10-17(26-19(23)24)21-16(22)9-12-5-2-1-3-6-12/h1-8,11,17,23-24H,9-10H2,(H,21,22). The second-order valence-electron chi connectivity index (χ2n) is 5.76. The Balaban J connectivity index is 1.73. The van der Waals surface area contributed by atoms with E-state index in [1.165, 1.54) is 12.3 Å². The van der Waals surface area contributed by atoms with Crippen LogP contribution in [0.1, 0.15) is 11.1 Å². The molecular formula is C18H17BFNO5. The topological polar surface area (TPSA) is 91.9 Å². The van der Waals surface area contributed by atoms with Gasteiger partial charge in [0, 0.05) is 17.4 Å². The molecule has 0 radical (unpaired) electrons. The lowest BCUT2D eigenvalue weighted by Gasteiger charge is -2.19. The molecule has 1 atom stereocenters. The predicted molar refractivity (Wildman–Crippen MR) is 93.2 cm³/mol. The molecule has 0 aliphatic carbocycles. The van der Waals surface area contributed by atoms with Crippen molar-refractivity contribution in [1.29, 1.82) is 0 Å². The fraction of sp³-hybridized carbons (Fsp3) is 0.167. The Morgan fingerprint density at radius 3 is 2.69 bits per heavy atom. The summed E-state index contributed by atoms with van der Waals surface area (Å²) < 4.78 is 23.9. The van der Waals surface area contributed by atoms with Gasteiger partial charge < -0.3 is 24.4 Å². The van der Waals surface area contributed by atoms with Gasteiger partial charge in [0.2, 0.25) is 5.91 Å². The summed E-state index contributed by atoms with van der Waals surface area (Å²) in [4.78, 5) is 12.2. The molecule has 0 fully saturated rings. The van der Waals surface area contributed by atoms with E-state index < -0.39 is 19.4 Å². The van der Waals surface area contributed by atoms with Crippen molar-refractivity contribution < 1.29 is 28.3 Å². The third kappa shape index (κ3) is 4.48. The molecule has 0 saturated heterocycles. The molecule has 1 amide bonds. The quantitative estimate of drug-likeness (QED) is 0.443. The summed E-state index contributed by atoms with van der Waals surface area (Å²) in [6.07, 6.45) is 0.532. The van der Waals surface area contributed by atoms with Gasteiger partial charge in [0.25, 0.3) is 0 Å². The molecule has 1 aromatic heterocycles. The number of benzene rings is 2. The Bertz CT molecular complexity index is 884. The molecule has 0 aliphatic heterocycles. The molecule has 0 spiro atoms. The van der Waals surface area contributed by atoms with Gasteiger partial charge in [-0.25, -0.2) is 4.39 Å². The maximum Gasteiger partial charge on any atom is 0.635 e. The minimum absolute atomic E-state index is 0.0780. The molecule has 1 heterocycles. The first-order chi connectivity index (χ1) is 12.5. The van der Waals surface area contributed by atoms with Crippen molar-refractivity contribution in [2.45, 2.75) is 19.1 Å². The van der Waals surface area contributed by atoms with Crippen molar-refractivity contribution in [2.24, 2.45) is 0 Å². The van der Waals surface area contributed by atoms with Crippen LogP contribution in [0.3, 0.4) is 0 Å². The monoisotopic (exact) mass is 357 g/mol. The summed E-state index contributed by atoms with van der Waals surface area (Å²) >= 11 is 0. The maximum absolute atomic E-state index is 13.7. The molecule has 3 aromatic rings. The number of fused-ring (bicyclic) bond motifs is 1. The van der Waals surface area contributed by atoms with E-state index in [0.29, 0.717) is 10.9 Å². The van der Waals surface area contributed by atoms with E-state index in [1.807, 2.05) is 30.3 Å². The number of halogens is 1. The van der Waals surface area contributed by atoms with E-state index in [0.717, 1.165) is 5.56 Å². The highest BCUT2D eigenvalue weighted by molar-refractivity contribution is 6.32. The summed E-state index contributed by atoms with van der Waals surface area (Å²) in [6, 6.07) is 13.6. The Morgan fingerprint density at radius 1 is 1.19 bits per heavy atom. The zero-order chi connectivity index (χ0) is 18.5. The number of hydrogen-bond donors (Lipinski definition) is 3. The highest BCUT2D eigenvalue weighted by atomic mass is 19.1. The van der Waals surface area contributed by atoms with Crippen molar-refractivity contribution in [3.63, 3.8) is 0 Å². The summed E-state index contributed by atoms with van der Waals surface area (Å²) in [5.41, 5.74) is 1.48. The van der Waals surface area contributed by atoms with Gasteiger partial charge in [0.05, 0.1) is 12.7 Å². The second-order valence-corrected chi connectivity index (χ2v) is 5.76. The van der Waals surface area contributed by atoms with Crippen molar-refractivity contribution in [3.05, 3.63) is 71.7 Å². The zero-order valence-corrected chi connectivity index (χ0v) is 13.8. The average molecular weight is 357 g/mol. The average Bonchev–Trinajstić information content (AvgIpc) is 2.99. The Kier molecular flexibility index (Phi) is 5.67. The third-order valence-electron chi connectivity index (χ3n) is 3.85. The van der Waals surface area contributed by atoms with Crippen molar-refractivity contribution in [2.75, 3.05) is 0 Å². The van der Waals surface area contributed by atoms with E-state index >= 15 is 0 Å². The van der Waals surface area contributed by atoms with Gasteiger partial charge in [-0.15, -0.1) is 0 Å². The van der Waals surface area contributed by atoms with Gasteiger partial charge in [-0.2, -0.15) is 0 Å². The lowest BCUT2D eigenvalue weighted by atomic mass is 10.1. The number of hydrogen-bond acceptors (Lipinski definition) is 5. The van der Waals surface area contributed by atoms with Crippen LogP contribution in [0.25, 0.3) is 11.0 Å². The molecule has 6 nitrogen and oxygen atoms in total. The number of nitrogens with one attached hydrogen (secondary N) is 1. The lowest BCUT2D eigenvalue weighted by molar-refractivity contribution is -0.123. The van der Waals surface area contributed by atoms with Crippen LogP contribution in [0, 0.1) is 5.82 Å². The Labute approximate surface area is 149 Å². The summed E-state index contributed by atoms with van der Waals surface area (Å²) in [5.74, 6) is -0.845. The van der Waals surface area contributed by atoms with Gasteiger partial charge in [-0.1, -0.05) is 42.5 Å². The fourth-order valence-corrected chi connectivity index (χ4v) is 2.72. The Morgan fingerprint density at radius 2 is 1.96 bits per heavy atom. The first-order valence-electron chi connectivity index (χ1n) is 8.02. The van der Waals surface area contributed by atoms with Crippen LogP contribution >= 0.6 is 0 Å². The summed E-state index contributed by atoms with van der Waals surface area (Å²) in [6.45, 7) is 0. The zero-order valence-electron chi connectivity index (χ0n) is 13.8. The first-order valence-corrected chi connectivity index (χ1v) is 8.02. The van der Waals surface area contributed by atoms with E-state index in [2.05, 4.69) is 5.32 Å². The van der Waals surface area contributed by atoms with E-state index in [-0.39, 0.29) is 24.3 Å². The van der Waals surface area contributed by atoms with Crippen LogP contribution in [0.15, 0.2) is 59.2 Å².